The Kier molecular flexibility index (Phi) is 3.86. The number of likely N-dealkylation sites (tertiary alicyclic amines) is 1. The van der Waals surface area contributed by atoms with Gasteiger partial charge in [0.05, 0.1) is 6.42 Å². The number of hydrogen-bond acceptors (Lipinski definition) is 2. The Hall–Kier alpha value is -1.26. The predicted octanol–water partition coefficient (Wildman–Crippen LogP) is 1.29. The third kappa shape index (κ3) is 3.61. The molecule has 0 aromatic carbocycles. The third-order valence-electron chi connectivity index (χ3n) is 3.65. The molecule has 1 aliphatic heterocycles. The van der Waals surface area contributed by atoms with Gasteiger partial charge in [-0.3, -0.25) is 4.79 Å². The number of piperidine rings is 1. The van der Waals surface area contributed by atoms with Crippen LogP contribution in [0.2, 0.25) is 0 Å². The van der Waals surface area contributed by atoms with Crippen LogP contribution in [0.5, 0.6) is 0 Å². The minimum atomic E-state index is -0.875. The van der Waals surface area contributed by atoms with Crippen LogP contribution in [0.3, 0.4) is 0 Å². The number of carbonyl (C=O) groups is 2. The maximum Gasteiger partial charge on any atom is 0.317 e. The van der Waals surface area contributed by atoms with Gasteiger partial charge in [-0.05, 0) is 37.5 Å². The van der Waals surface area contributed by atoms with Crippen LogP contribution < -0.4 is 5.32 Å². The normalized spacial score (nSPS) is 24.5. The van der Waals surface area contributed by atoms with E-state index in [9.17, 15) is 9.59 Å². The van der Waals surface area contributed by atoms with Crippen LogP contribution in [0.15, 0.2) is 0 Å². The van der Waals surface area contributed by atoms with E-state index in [1.807, 2.05) is 4.90 Å². The highest BCUT2D eigenvalue weighted by molar-refractivity contribution is 5.75. The van der Waals surface area contributed by atoms with Crippen molar-refractivity contribution in [1.29, 1.82) is 0 Å². The van der Waals surface area contributed by atoms with Crippen LogP contribution >= 0.6 is 0 Å². The number of aliphatic carboxylic acids is 1. The summed E-state index contributed by atoms with van der Waals surface area (Å²) in [4.78, 5) is 24.0. The second-order valence-electron chi connectivity index (χ2n) is 5.06. The molecule has 2 N–H and O–H groups in total. The summed E-state index contributed by atoms with van der Waals surface area (Å²) >= 11 is 0. The Morgan fingerprint density at radius 2 is 2.00 bits per heavy atom. The molecular weight excluding hydrogens is 220 g/mol. The summed E-state index contributed by atoms with van der Waals surface area (Å²) < 4.78 is 0. The summed E-state index contributed by atoms with van der Waals surface area (Å²) in [5.41, 5.74) is 0. The van der Waals surface area contributed by atoms with Gasteiger partial charge in [-0.1, -0.05) is 0 Å². The van der Waals surface area contributed by atoms with Crippen molar-refractivity contribution in [3.63, 3.8) is 0 Å². The molecule has 17 heavy (non-hydrogen) atoms. The van der Waals surface area contributed by atoms with Gasteiger partial charge in [0, 0.05) is 19.6 Å². The Balaban J connectivity index is 1.72. The average Bonchev–Trinajstić information content (AvgIpc) is 3.12. The molecule has 1 saturated carbocycles. The molecule has 96 valence electrons. The molecule has 1 unspecified atom stereocenters. The molecule has 1 aliphatic carbocycles. The number of urea groups is 1. The molecule has 2 rings (SSSR count). The molecule has 1 heterocycles. The van der Waals surface area contributed by atoms with Gasteiger partial charge in [0.25, 0.3) is 0 Å². The van der Waals surface area contributed by atoms with E-state index < -0.39 is 5.97 Å². The molecule has 1 atom stereocenters. The monoisotopic (exact) mass is 240 g/mol. The standard InChI is InChI=1S/C12H20N2O3/c15-11(16)5-6-13-12(17)14-7-1-2-10(8-14)9-3-4-9/h9-10H,1-8H2,(H,13,17)(H,15,16). The third-order valence-corrected chi connectivity index (χ3v) is 3.65. The molecule has 2 aliphatic rings. The van der Waals surface area contributed by atoms with E-state index in [1.54, 1.807) is 0 Å². The molecule has 2 amide bonds. The second kappa shape index (κ2) is 5.38. The molecule has 5 heteroatoms. The zero-order valence-electron chi connectivity index (χ0n) is 10.0. The highest BCUT2D eigenvalue weighted by atomic mass is 16.4. The van der Waals surface area contributed by atoms with Gasteiger partial charge in [0.1, 0.15) is 0 Å². The van der Waals surface area contributed by atoms with Gasteiger partial charge >= 0.3 is 12.0 Å². The number of rotatable bonds is 4. The van der Waals surface area contributed by atoms with E-state index in [2.05, 4.69) is 5.32 Å². The Bertz CT molecular complexity index is 302. The van der Waals surface area contributed by atoms with Gasteiger partial charge in [-0.15, -0.1) is 0 Å². The first kappa shape index (κ1) is 12.2. The lowest BCUT2D eigenvalue weighted by Crippen LogP contribution is -2.46. The van der Waals surface area contributed by atoms with Gasteiger partial charge < -0.3 is 15.3 Å². The fourth-order valence-electron chi connectivity index (χ4n) is 2.54. The van der Waals surface area contributed by atoms with E-state index in [0.717, 1.165) is 25.4 Å². The van der Waals surface area contributed by atoms with Crippen molar-refractivity contribution < 1.29 is 14.7 Å². The first-order chi connectivity index (χ1) is 8.16. The van der Waals surface area contributed by atoms with Crippen molar-refractivity contribution in [2.24, 2.45) is 11.8 Å². The Morgan fingerprint density at radius 3 is 2.65 bits per heavy atom. The molecule has 0 aromatic heterocycles. The number of amides is 2. The number of hydrogen-bond donors (Lipinski definition) is 2. The van der Waals surface area contributed by atoms with Gasteiger partial charge in [0.15, 0.2) is 0 Å². The van der Waals surface area contributed by atoms with Crippen molar-refractivity contribution in [1.82, 2.24) is 10.2 Å². The summed E-state index contributed by atoms with van der Waals surface area (Å²) in [5.74, 6) is 0.637. The molecule has 5 nitrogen and oxygen atoms in total. The number of nitrogens with one attached hydrogen (secondary N) is 1. The van der Waals surface area contributed by atoms with Crippen molar-refractivity contribution in [2.45, 2.75) is 32.1 Å². The predicted molar refractivity (Wildman–Crippen MR) is 62.7 cm³/mol. The quantitative estimate of drug-likeness (QED) is 0.778. The topological polar surface area (TPSA) is 69.6 Å². The fourth-order valence-corrected chi connectivity index (χ4v) is 2.54. The second-order valence-corrected chi connectivity index (χ2v) is 5.06. The summed E-state index contributed by atoms with van der Waals surface area (Å²) in [7, 11) is 0. The van der Waals surface area contributed by atoms with E-state index in [1.165, 1.54) is 19.3 Å². The summed E-state index contributed by atoms with van der Waals surface area (Å²) in [6, 6.07) is -0.100. The van der Waals surface area contributed by atoms with Crippen LogP contribution in [-0.4, -0.2) is 41.6 Å². The average molecular weight is 240 g/mol. The maximum atomic E-state index is 11.8. The van der Waals surface area contributed by atoms with Gasteiger partial charge in [-0.25, -0.2) is 4.79 Å². The molecular formula is C12H20N2O3. The smallest absolute Gasteiger partial charge is 0.317 e. The summed E-state index contributed by atoms with van der Waals surface area (Å²) in [5, 5.41) is 11.2. The van der Waals surface area contributed by atoms with E-state index in [4.69, 9.17) is 5.11 Å². The van der Waals surface area contributed by atoms with Crippen LogP contribution in [0.25, 0.3) is 0 Å². The van der Waals surface area contributed by atoms with E-state index in [0.29, 0.717) is 5.92 Å². The lowest BCUT2D eigenvalue weighted by atomic mass is 9.94. The number of carboxylic acid groups (broad SMARTS) is 1. The van der Waals surface area contributed by atoms with Crippen LogP contribution in [-0.2, 0) is 4.79 Å². The zero-order chi connectivity index (χ0) is 12.3. The fraction of sp³-hybridized carbons (Fsp3) is 0.833. The zero-order valence-corrected chi connectivity index (χ0v) is 10.0. The molecule has 1 saturated heterocycles. The SMILES string of the molecule is O=C(O)CCNC(=O)N1CCCC(C2CC2)C1. The van der Waals surface area contributed by atoms with Crippen LogP contribution in [0.1, 0.15) is 32.1 Å². The largest absolute Gasteiger partial charge is 0.481 e. The number of carbonyl (C=O) groups excluding carboxylic acids is 1. The minimum absolute atomic E-state index is 0.00830. The highest BCUT2D eigenvalue weighted by Crippen LogP contribution is 2.40. The molecule has 0 bridgehead atoms. The first-order valence-electron chi connectivity index (χ1n) is 6.41. The van der Waals surface area contributed by atoms with Crippen molar-refractivity contribution in [3.05, 3.63) is 0 Å². The lowest BCUT2D eigenvalue weighted by Gasteiger charge is -2.32. The van der Waals surface area contributed by atoms with Crippen molar-refractivity contribution in [3.8, 4) is 0 Å². The first-order valence-corrected chi connectivity index (χ1v) is 6.41. The minimum Gasteiger partial charge on any atom is -0.481 e. The molecule has 0 aromatic rings. The number of nitrogens with zero attached hydrogens (tertiary/aromatic N) is 1. The van der Waals surface area contributed by atoms with Crippen LogP contribution in [0.4, 0.5) is 4.79 Å². The van der Waals surface area contributed by atoms with E-state index in [-0.39, 0.29) is 19.0 Å². The maximum absolute atomic E-state index is 11.8. The van der Waals surface area contributed by atoms with Gasteiger partial charge in [-0.2, -0.15) is 0 Å². The Morgan fingerprint density at radius 1 is 1.24 bits per heavy atom. The lowest BCUT2D eigenvalue weighted by molar-refractivity contribution is -0.136. The number of carboxylic acids is 1. The van der Waals surface area contributed by atoms with Gasteiger partial charge in [0.2, 0.25) is 0 Å². The molecule has 2 fully saturated rings. The van der Waals surface area contributed by atoms with Crippen molar-refractivity contribution >= 4 is 12.0 Å². The van der Waals surface area contributed by atoms with Crippen LogP contribution in [0, 0.1) is 11.8 Å². The molecule has 0 spiro atoms. The summed E-state index contributed by atoms with van der Waals surface area (Å²) in [6.07, 6.45) is 4.95. The highest BCUT2D eigenvalue weighted by Gasteiger charge is 2.35. The molecule has 0 radical (unpaired) electrons. The van der Waals surface area contributed by atoms with Crippen molar-refractivity contribution in [2.75, 3.05) is 19.6 Å². The summed E-state index contributed by atoms with van der Waals surface area (Å²) in [6.45, 7) is 1.88. The Labute approximate surface area is 101 Å². The van der Waals surface area contributed by atoms with E-state index >= 15 is 0 Å².